The van der Waals surface area contributed by atoms with Crippen LogP contribution in [-0.4, -0.2) is 5.78 Å². The second-order valence-electron chi connectivity index (χ2n) is 4.40. The van der Waals surface area contributed by atoms with E-state index in [1.807, 2.05) is 6.92 Å². The van der Waals surface area contributed by atoms with E-state index in [1.54, 1.807) is 0 Å². The molecular weight excluding hydrogens is 172 g/mol. The molecule has 0 saturated carbocycles. The largest absolute Gasteiger partial charge is 0.300 e. The summed E-state index contributed by atoms with van der Waals surface area (Å²) in [5, 5.41) is 0. The van der Waals surface area contributed by atoms with Crippen LogP contribution in [0.3, 0.4) is 0 Å². The molecule has 1 heteroatoms. The molecule has 0 N–H and O–H groups in total. The SMILES string of the molecule is CCCCCCCC(C)CC(=O)CC. The maximum absolute atomic E-state index is 11.2. The monoisotopic (exact) mass is 198 g/mol. The summed E-state index contributed by atoms with van der Waals surface area (Å²) in [5.41, 5.74) is 0. The quantitative estimate of drug-likeness (QED) is 0.503. The van der Waals surface area contributed by atoms with Gasteiger partial charge < -0.3 is 0 Å². The number of carbonyl (C=O) groups is 1. The number of rotatable bonds is 9. The lowest BCUT2D eigenvalue weighted by Gasteiger charge is -2.09. The van der Waals surface area contributed by atoms with Crippen molar-refractivity contribution in [1.29, 1.82) is 0 Å². The van der Waals surface area contributed by atoms with Crippen LogP contribution in [0.1, 0.15) is 72.1 Å². The minimum absolute atomic E-state index is 0.422. The summed E-state index contributed by atoms with van der Waals surface area (Å²) in [4.78, 5) is 11.2. The molecule has 0 amide bonds. The van der Waals surface area contributed by atoms with Crippen LogP contribution in [0.2, 0.25) is 0 Å². The highest BCUT2D eigenvalue weighted by atomic mass is 16.1. The van der Waals surface area contributed by atoms with Crippen molar-refractivity contribution >= 4 is 5.78 Å². The van der Waals surface area contributed by atoms with Gasteiger partial charge in [0.05, 0.1) is 0 Å². The van der Waals surface area contributed by atoms with Gasteiger partial charge in [0.1, 0.15) is 5.78 Å². The molecule has 1 atom stereocenters. The summed E-state index contributed by atoms with van der Waals surface area (Å²) in [6.45, 7) is 6.40. The fourth-order valence-electron chi connectivity index (χ4n) is 1.73. The maximum atomic E-state index is 11.2. The summed E-state index contributed by atoms with van der Waals surface area (Å²) in [5.74, 6) is 1.02. The summed E-state index contributed by atoms with van der Waals surface area (Å²) >= 11 is 0. The molecule has 0 aliphatic carbocycles. The highest BCUT2D eigenvalue weighted by Gasteiger charge is 2.06. The number of ketones is 1. The number of unbranched alkanes of at least 4 members (excludes halogenated alkanes) is 4. The normalized spacial score (nSPS) is 12.8. The van der Waals surface area contributed by atoms with Crippen molar-refractivity contribution < 1.29 is 4.79 Å². The van der Waals surface area contributed by atoms with E-state index in [2.05, 4.69) is 13.8 Å². The van der Waals surface area contributed by atoms with Crippen molar-refractivity contribution in [3.8, 4) is 0 Å². The third-order valence-corrected chi connectivity index (χ3v) is 2.77. The molecule has 1 unspecified atom stereocenters. The average molecular weight is 198 g/mol. The van der Waals surface area contributed by atoms with Gasteiger partial charge >= 0.3 is 0 Å². The number of hydrogen-bond donors (Lipinski definition) is 0. The van der Waals surface area contributed by atoms with Crippen LogP contribution in [0, 0.1) is 5.92 Å². The van der Waals surface area contributed by atoms with E-state index in [0.717, 1.165) is 6.42 Å². The van der Waals surface area contributed by atoms with Gasteiger partial charge in [-0.1, -0.05) is 59.3 Å². The second kappa shape index (κ2) is 9.23. The third-order valence-electron chi connectivity index (χ3n) is 2.77. The van der Waals surface area contributed by atoms with Gasteiger partial charge in [-0.25, -0.2) is 0 Å². The zero-order chi connectivity index (χ0) is 10.8. The van der Waals surface area contributed by atoms with E-state index >= 15 is 0 Å². The van der Waals surface area contributed by atoms with Gasteiger partial charge in [-0.3, -0.25) is 4.79 Å². The van der Waals surface area contributed by atoms with Crippen molar-refractivity contribution in [3.05, 3.63) is 0 Å². The van der Waals surface area contributed by atoms with Crippen LogP contribution >= 0.6 is 0 Å². The third kappa shape index (κ3) is 8.28. The molecule has 0 heterocycles. The maximum Gasteiger partial charge on any atom is 0.132 e. The Morgan fingerprint density at radius 1 is 1.07 bits per heavy atom. The smallest absolute Gasteiger partial charge is 0.132 e. The van der Waals surface area contributed by atoms with E-state index < -0.39 is 0 Å². The van der Waals surface area contributed by atoms with Crippen LogP contribution in [0.5, 0.6) is 0 Å². The first-order chi connectivity index (χ1) is 6.70. The van der Waals surface area contributed by atoms with Crippen molar-refractivity contribution in [1.82, 2.24) is 0 Å². The van der Waals surface area contributed by atoms with Gasteiger partial charge in [0.25, 0.3) is 0 Å². The molecule has 0 aliphatic rings. The Labute approximate surface area is 89.3 Å². The molecule has 0 rings (SSSR count). The van der Waals surface area contributed by atoms with E-state index in [-0.39, 0.29) is 0 Å². The van der Waals surface area contributed by atoms with Crippen molar-refractivity contribution in [2.24, 2.45) is 5.92 Å². The number of hydrogen-bond acceptors (Lipinski definition) is 1. The molecule has 84 valence electrons. The number of Topliss-reactive ketones (excluding diaryl/α,β-unsaturated/α-hetero) is 1. The van der Waals surface area contributed by atoms with Crippen LogP contribution in [0.4, 0.5) is 0 Å². The Balaban J connectivity index is 3.26. The number of carbonyl (C=O) groups excluding carboxylic acids is 1. The van der Waals surface area contributed by atoms with Crippen molar-refractivity contribution in [2.75, 3.05) is 0 Å². The molecule has 0 bridgehead atoms. The Morgan fingerprint density at radius 3 is 2.29 bits per heavy atom. The van der Waals surface area contributed by atoms with Gasteiger partial charge in [-0.15, -0.1) is 0 Å². The zero-order valence-corrected chi connectivity index (χ0v) is 10.1. The van der Waals surface area contributed by atoms with Gasteiger partial charge in [-0.05, 0) is 5.92 Å². The molecule has 14 heavy (non-hydrogen) atoms. The lowest BCUT2D eigenvalue weighted by molar-refractivity contribution is -0.119. The molecule has 0 aromatic rings. The minimum atomic E-state index is 0.422. The molecule has 0 aliphatic heterocycles. The summed E-state index contributed by atoms with van der Waals surface area (Å²) in [6.07, 6.45) is 9.42. The molecule has 0 saturated heterocycles. The fourth-order valence-corrected chi connectivity index (χ4v) is 1.73. The first-order valence-corrected chi connectivity index (χ1v) is 6.22. The highest BCUT2D eigenvalue weighted by Crippen LogP contribution is 2.15. The zero-order valence-electron chi connectivity index (χ0n) is 10.1. The molecular formula is C13H26O. The first kappa shape index (κ1) is 13.7. The van der Waals surface area contributed by atoms with Gasteiger partial charge in [0.15, 0.2) is 0 Å². The van der Waals surface area contributed by atoms with Crippen molar-refractivity contribution in [2.45, 2.75) is 72.1 Å². The first-order valence-electron chi connectivity index (χ1n) is 6.22. The summed E-state index contributed by atoms with van der Waals surface area (Å²) in [7, 11) is 0. The van der Waals surface area contributed by atoms with E-state index in [9.17, 15) is 4.79 Å². The van der Waals surface area contributed by atoms with E-state index in [1.165, 1.54) is 38.5 Å². The van der Waals surface area contributed by atoms with E-state index in [0.29, 0.717) is 18.1 Å². The highest BCUT2D eigenvalue weighted by molar-refractivity contribution is 5.78. The van der Waals surface area contributed by atoms with Crippen molar-refractivity contribution in [3.63, 3.8) is 0 Å². The van der Waals surface area contributed by atoms with Crippen LogP contribution < -0.4 is 0 Å². The Kier molecular flexibility index (Phi) is 9.02. The Bertz CT molecular complexity index is 140. The molecule has 1 nitrogen and oxygen atoms in total. The molecule has 0 spiro atoms. The van der Waals surface area contributed by atoms with Crippen LogP contribution in [-0.2, 0) is 4.79 Å². The molecule has 0 fully saturated rings. The lowest BCUT2D eigenvalue weighted by Crippen LogP contribution is -2.04. The lowest BCUT2D eigenvalue weighted by atomic mass is 9.96. The Hall–Kier alpha value is -0.330. The molecule has 0 aromatic heterocycles. The van der Waals surface area contributed by atoms with Crippen LogP contribution in [0.25, 0.3) is 0 Å². The topological polar surface area (TPSA) is 17.1 Å². The van der Waals surface area contributed by atoms with Gasteiger partial charge in [0, 0.05) is 12.8 Å². The summed E-state index contributed by atoms with van der Waals surface area (Å²) in [6, 6.07) is 0. The Morgan fingerprint density at radius 2 is 1.71 bits per heavy atom. The standard InChI is InChI=1S/C13H26O/c1-4-6-7-8-9-10-12(3)11-13(14)5-2/h12H,4-11H2,1-3H3. The summed E-state index contributed by atoms with van der Waals surface area (Å²) < 4.78 is 0. The predicted octanol–water partition coefficient (Wildman–Crippen LogP) is 4.35. The fraction of sp³-hybridized carbons (Fsp3) is 0.923. The van der Waals surface area contributed by atoms with Gasteiger partial charge in [0.2, 0.25) is 0 Å². The predicted molar refractivity (Wildman–Crippen MR) is 62.5 cm³/mol. The average Bonchev–Trinajstić information content (AvgIpc) is 2.17. The molecule has 0 aromatic carbocycles. The van der Waals surface area contributed by atoms with Gasteiger partial charge in [-0.2, -0.15) is 0 Å². The molecule has 0 radical (unpaired) electrons. The van der Waals surface area contributed by atoms with E-state index in [4.69, 9.17) is 0 Å². The van der Waals surface area contributed by atoms with Crippen LogP contribution in [0.15, 0.2) is 0 Å². The second-order valence-corrected chi connectivity index (χ2v) is 4.40. The minimum Gasteiger partial charge on any atom is -0.300 e.